The van der Waals surface area contributed by atoms with Gasteiger partial charge in [-0.1, -0.05) is 70.9 Å². The van der Waals surface area contributed by atoms with Crippen LogP contribution < -0.4 is 10.2 Å². The van der Waals surface area contributed by atoms with Crippen molar-refractivity contribution in [3.63, 3.8) is 0 Å². The van der Waals surface area contributed by atoms with E-state index in [1.54, 1.807) is 17.0 Å². The van der Waals surface area contributed by atoms with Crippen LogP contribution in [0.3, 0.4) is 0 Å². The second-order valence-corrected chi connectivity index (χ2v) is 8.84. The number of aromatic nitrogens is 2. The standard InChI is InChI=1S/C27H23ClN4O2/c1-16-10-12-19(13-11-16)24-23(26-30-25(31-34-26)20-7-5-8-21(28)15-20)18(3)32(27(33)29-24)22-9-4-6-17(2)14-22/h4-15,24H,1-3H3,(H,29,33). The Hall–Kier alpha value is -3.90. The smallest absolute Gasteiger partial charge is 0.326 e. The van der Waals surface area contributed by atoms with Gasteiger partial charge in [0.1, 0.15) is 0 Å². The topological polar surface area (TPSA) is 71.3 Å². The minimum atomic E-state index is -0.443. The Labute approximate surface area is 202 Å². The maximum atomic E-state index is 13.3. The Bertz CT molecular complexity index is 1410. The minimum Gasteiger partial charge on any atom is -0.334 e. The molecule has 1 aliphatic heterocycles. The number of hydrogen-bond acceptors (Lipinski definition) is 4. The van der Waals surface area contributed by atoms with Gasteiger partial charge in [0.25, 0.3) is 5.89 Å². The third-order valence-electron chi connectivity index (χ3n) is 5.89. The highest BCUT2D eigenvalue weighted by atomic mass is 35.5. The van der Waals surface area contributed by atoms with E-state index in [-0.39, 0.29) is 6.03 Å². The summed E-state index contributed by atoms with van der Waals surface area (Å²) in [6, 6.07) is 22.5. The second-order valence-electron chi connectivity index (χ2n) is 8.40. The van der Waals surface area contributed by atoms with Crippen LogP contribution in [0.2, 0.25) is 5.02 Å². The Balaban J connectivity index is 1.66. The minimum absolute atomic E-state index is 0.216. The molecule has 0 saturated heterocycles. The van der Waals surface area contributed by atoms with Crippen LogP contribution in [-0.4, -0.2) is 16.2 Å². The molecule has 0 aliphatic carbocycles. The molecule has 34 heavy (non-hydrogen) atoms. The van der Waals surface area contributed by atoms with Crippen molar-refractivity contribution in [1.82, 2.24) is 15.5 Å². The van der Waals surface area contributed by atoms with Crippen molar-refractivity contribution in [1.29, 1.82) is 0 Å². The number of hydrogen-bond donors (Lipinski definition) is 1. The van der Waals surface area contributed by atoms with Crippen LogP contribution in [0, 0.1) is 13.8 Å². The third kappa shape index (κ3) is 4.08. The van der Waals surface area contributed by atoms with Gasteiger partial charge in [-0.15, -0.1) is 0 Å². The lowest BCUT2D eigenvalue weighted by atomic mass is 9.94. The number of nitrogens with zero attached hydrogens (tertiary/aromatic N) is 3. The van der Waals surface area contributed by atoms with E-state index in [1.165, 1.54) is 0 Å². The highest BCUT2D eigenvalue weighted by molar-refractivity contribution is 6.30. The maximum Gasteiger partial charge on any atom is 0.326 e. The van der Waals surface area contributed by atoms with Gasteiger partial charge in [-0.05, 0) is 56.2 Å². The summed E-state index contributed by atoms with van der Waals surface area (Å²) >= 11 is 6.16. The Morgan fingerprint density at radius 1 is 0.941 bits per heavy atom. The number of aryl methyl sites for hydroxylation is 2. The van der Waals surface area contributed by atoms with Gasteiger partial charge in [0.05, 0.1) is 17.3 Å². The van der Waals surface area contributed by atoms with Gasteiger partial charge in [-0.3, -0.25) is 4.90 Å². The SMILES string of the molecule is CC1=C(c2nc(-c3cccc(Cl)c3)no2)C(c2ccc(C)cc2)NC(=O)N1c1cccc(C)c1. The molecule has 0 fully saturated rings. The zero-order chi connectivity index (χ0) is 23.8. The van der Waals surface area contributed by atoms with Crippen LogP contribution in [0.4, 0.5) is 10.5 Å². The van der Waals surface area contributed by atoms with Crippen LogP contribution in [0.15, 0.2) is 83.0 Å². The van der Waals surface area contributed by atoms with E-state index in [0.717, 1.165) is 39.2 Å². The van der Waals surface area contributed by atoms with Gasteiger partial charge in [0, 0.05) is 16.3 Å². The summed E-state index contributed by atoms with van der Waals surface area (Å²) < 4.78 is 5.75. The molecule has 2 amide bonds. The van der Waals surface area contributed by atoms with Gasteiger partial charge in [0.2, 0.25) is 5.82 Å². The summed E-state index contributed by atoms with van der Waals surface area (Å²) in [6.45, 7) is 5.93. The third-order valence-corrected chi connectivity index (χ3v) is 6.13. The molecule has 1 atom stereocenters. The monoisotopic (exact) mass is 470 g/mol. The molecule has 1 N–H and O–H groups in total. The molecule has 0 saturated carbocycles. The highest BCUT2D eigenvalue weighted by Gasteiger charge is 2.36. The van der Waals surface area contributed by atoms with E-state index in [9.17, 15) is 4.79 Å². The largest absolute Gasteiger partial charge is 0.334 e. The van der Waals surface area contributed by atoms with E-state index in [4.69, 9.17) is 16.1 Å². The number of carbonyl (C=O) groups excluding carboxylic acids is 1. The van der Waals surface area contributed by atoms with Crippen molar-refractivity contribution in [2.45, 2.75) is 26.8 Å². The fourth-order valence-corrected chi connectivity index (χ4v) is 4.37. The van der Waals surface area contributed by atoms with Gasteiger partial charge in [-0.2, -0.15) is 4.98 Å². The molecule has 0 spiro atoms. The van der Waals surface area contributed by atoms with Gasteiger partial charge >= 0.3 is 6.03 Å². The number of nitrogens with one attached hydrogen (secondary N) is 1. The lowest BCUT2D eigenvalue weighted by molar-refractivity contribution is 0.244. The maximum absolute atomic E-state index is 13.3. The number of carbonyl (C=O) groups is 1. The molecule has 1 aliphatic rings. The average Bonchev–Trinajstić information content (AvgIpc) is 3.29. The van der Waals surface area contributed by atoms with Crippen molar-refractivity contribution < 1.29 is 9.32 Å². The first-order valence-electron chi connectivity index (χ1n) is 11.0. The number of rotatable bonds is 4. The lowest BCUT2D eigenvalue weighted by Gasteiger charge is -2.35. The predicted molar refractivity (Wildman–Crippen MR) is 133 cm³/mol. The van der Waals surface area contributed by atoms with E-state index in [1.807, 2.05) is 81.4 Å². The summed E-state index contributed by atoms with van der Waals surface area (Å²) in [5.41, 5.74) is 6.11. The van der Waals surface area contributed by atoms with E-state index in [0.29, 0.717) is 16.7 Å². The number of allylic oxidation sites excluding steroid dienone is 1. The lowest BCUT2D eigenvalue weighted by Crippen LogP contribution is -2.46. The molecule has 6 nitrogen and oxygen atoms in total. The predicted octanol–water partition coefficient (Wildman–Crippen LogP) is 6.71. The molecule has 0 bridgehead atoms. The summed E-state index contributed by atoms with van der Waals surface area (Å²) in [5.74, 6) is 0.773. The van der Waals surface area contributed by atoms with Crippen molar-refractivity contribution in [2.75, 3.05) is 4.90 Å². The van der Waals surface area contributed by atoms with E-state index >= 15 is 0 Å². The molecular weight excluding hydrogens is 448 g/mol. The van der Waals surface area contributed by atoms with Crippen molar-refractivity contribution in [3.05, 3.63) is 106 Å². The number of halogens is 1. The molecule has 170 valence electrons. The molecule has 5 rings (SSSR count). The molecule has 2 heterocycles. The number of amides is 2. The van der Waals surface area contributed by atoms with Crippen LogP contribution in [0.1, 0.15) is 35.5 Å². The van der Waals surface area contributed by atoms with Crippen LogP contribution in [0.25, 0.3) is 17.0 Å². The normalized spacial score (nSPS) is 16.1. The van der Waals surface area contributed by atoms with Gasteiger partial charge in [-0.25, -0.2) is 4.79 Å². The average molecular weight is 471 g/mol. The summed E-state index contributed by atoms with van der Waals surface area (Å²) in [4.78, 5) is 19.6. The fraction of sp³-hybridized carbons (Fsp3) is 0.148. The van der Waals surface area contributed by atoms with Crippen molar-refractivity contribution in [3.8, 4) is 11.4 Å². The number of urea groups is 1. The first-order valence-corrected chi connectivity index (χ1v) is 11.3. The Morgan fingerprint density at radius 3 is 2.44 bits per heavy atom. The summed E-state index contributed by atoms with van der Waals surface area (Å²) in [7, 11) is 0. The first-order chi connectivity index (χ1) is 16.4. The van der Waals surface area contributed by atoms with Crippen molar-refractivity contribution in [2.24, 2.45) is 0 Å². The van der Waals surface area contributed by atoms with E-state index < -0.39 is 6.04 Å². The first kappa shape index (κ1) is 21.9. The fourth-order valence-electron chi connectivity index (χ4n) is 4.18. The van der Waals surface area contributed by atoms with Gasteiger partial charge in [0.15, 0.2) is 0 Å². The van der Waals surface area contributed by atoms with Crippen LogP contribution >= 0.6 is 11.6 Å². The molecule has 4 aromatic rings. The van der Waals surface area contributed by atoms with Crippen LogP contribution in [0.5, 0.6) is 0 Å². The van der Waals surface area contributed by atoms with E-state index in [2.05, 4.69) is 15.5 Å². The zero-order valence-electron chi connectivity index (χ0n) is 19.0. The number of benzene rings is 3. The second kappa shape index (κ2) is 8.80. The molecule has 1 aromatic heterocycles. The number of anilines is 1. The van der Waals surface area contributed by atoms with Crippen molar-refractivity contribution >= 4 is 28.9 Å². The zero-order valence-corrected chi connectivity index (χ0v) is 19.8. The molecule has 7 heteroatoms. The summed E-state index contributed by atoms with van der Waals surface area (Å²) in [5, 5.41) is 7.93. The molecule has 1 unspecified atom stereocenters. The Kier molecular flexibility index (Phi) is 5.67. The quantitative estimate of drug-likeness (QED) is 0.360. The summed E-state index contributed by atoms with van der Waals surface area (Å²) in [6.07, 6.45) is 0. The Morgan fingerprint density at radius 2 is 1.71 bits per heavy atom. The molecule has 3 aromatic carbocycles. The highest BCUT2D eigenvalue weighted by Crippen LogP contribution is 2.39. The van der Waals surface area contributed by atoms with Gasteiger partial charge < -0.3 is 9.84 Å². The molecular formula is C27H23ClN4O2. The van der Waals surface area contributed by atoms with Crippen LogP contribution in [-0.2, 0) is 0 Å². The molecule has 0 radical (unpaired) electrons.